The van der Waals surface area contributed by atoms with Crippen LogP contribution in [-0.2, 0) is 19.0 Å². The van der Waals surface area contributed by atoms with Crippen molar-refractivity contribution in [2.24, 2.45) is 11.8 Å². The number of nitrogens with zero attached hydrogens (tertiary/aromatic N) is 1. The van der Waals surface area contributed by atoms with E-state index < -0.39 is 11.7 Å². The Balaban J connectivity index is 1.83. The van der Waals surface area contributed by atoms with Crippen molar-refractivity contribution in [2.75, 3.05) is 20.8 Å². The molecular formula is C20H23NO5. The summed E-state index contributed by atoms with van der Waals surface area (Å²) in [5.41, 5.74) is 3.49. The Morgan fingerprint density at radius 1 is 1.31 bits per heavy atom. The lowest BCUT2D eigenvalue weighted by Gasteiger charge is -2.49. The molecule has 0 unspecified atom stereocenters. The van der Waals surface area contributed by atoms with Gasteiger partial charge in [0.1, 0.15) is 5.52 Å². The number of hydrogen-bond donors (Lipinski definition) is 0. The van der Waals surface area contributed by atoms with Gasteiger partial charge in [-0.05, 0) is 38.0 Å². The molecule has 3 aliphatic carbocycles. The molecular weight excluding hydrogens is 334 g/mol. The SMILES string of the molecule is CCO[C@@H]1C[C@@H]2C(c3nc4cc(C)ccc4o3)=C[C@H]1C(=O)C2(OC)OC. The van der Waals surface area contributed by atoms with Crippen molar-refractivity contribution in [1.29, 1.82) is 0 Å². The molecule has 1 heterocycles. The average molecular weight is 357 g/mol. The Labute approximate surface area is 152 Å². The third-order valence-electron chi connectivity index (χ3n) is 5.49. The van der Waals surface area contributed by atoms with Gasteiger partial charge in [-0.3, -0.25) is 4.79 Å². The van der Waals surface area contributed by atoms with E-state index in [1.807, 2.05) is 38.1 Å². The van der Waals surface area contributed by atoms with Gasteiger partial charge >= 0.3 is 0 Å². The maximum atomic E-state index is 13.0. The van der Waals surface area contributed by atoms with Gasteiger partial charge in [-0.15, -0.1) is 0 Å². The predicted octanol–water partition coefficient (Wildman–Crippen LogP) is 3.13. The number of oxazole rings is 1. The molecule has 3 aliphatic rings. The van der Waals surface area contributed by atoms with E-state index in [-0.39, 0.29) is 17.8 Å². The van der Waals surface area contributed by atoms with Crippen molar-refractivity contribution in [3.63, 3.8) is 0 Å². The fraction of sp³-hybridized carbons (Fsp3) is 0.500. The van der Waals surface area contributed by atoms with E-state index in [2.05, 4.69) is 4.98 Å². The van der Waals surface area contributed by atoms with E-state index in [0.717, 1.165) is 22.2 Å². The van der Waals surface area contributed by atoms with Crippen molar-refractivity contribution < 1.29 is 23.4 Å². The average Bonchev–Trinajstić information content (AvgIpc) is 3.06. The van der Waals surface area contributed by atoms with Crippen LogP contribution in [0.15, 0.2) is 28.7 Å². The highest BCUT2D eigenvalue weighted by Gasteiger charge is 2.61. The topological polar surface area (TPSA) is 70.8 Å². The number of Topliss-reactive ketones (excluding diaryl/α,β-unsaturated/α-hetero) is 1. The zero-order valence-corrected chi connectivity index (χ0v) is 15.4. The molecule has 0 radical (unpaired) electrons. The molecule has 5 rings (SSSR count). The van der Waals surface area contributed by atoms with E-state index >= 15 is 0 Å². The molecule has 26 heavy (non-hydrogen) atoms. The monoisotopic (exact) mass is 357 g/mol. The summed E-state index contributed by atoms with van der Waals surface area (Å²) in [5, 5.41) is 0. The summed E-state index contributed by atoms with van der Waals surface area (Å²) in [5.74, 6) is -1.68. The molecule has 138 valence electrons. The highest BCUT2D eigenvalue weighted by Crippen LogP contribution is 2.51. The van der Waals surface area contributed by atoms with Gasteiger partial charge < -0.3 is 18.6 Å². The zero-order valence-electron chi connectivity index (χ0n) is 15.4. The van der Waals surface area contributed by atoms with Crippen molar-refractivity contribution >= 4 is 22.5 Å². The maximum absolute atomic E-state index is 13.0. The van der Waals surface area contributed by atoms with Crippen LogP contribution < -0.4 is 0 Å². The largest absolute Gasteiger partial charge is 0.436 e. The van der Waals surface area contributed by atoms with Crippen LogP contribution in [0.3, 0.4) is 0 Å². The summed E-state index contributed by atoms with van der Waals surface area (Å²) < 4.78 is 23.0. The second-order valence-corrected chi connectivity index (χ2v) is 6.86. The zero-order chi connectivity index (χ0) is 18.5. The number of aromatic nitrogens is 1. The Morgan fingerprint density at radius 2 is 2.08 bits per heavy atom. The second kappa shape index (κ2) is 6.30. The van der Waals surface area contributed by atoms with Crippen LogP contribution in [-0.4, -0.2) is 43.5 Å². The number of hydrogen-bond acceptors (Lipinski definition) is 6. The molecule has 0 saturated heterocycles. The normalized spacial score (nSPS) is 27.2. The van der Waals surface area contributed by atoms with Crippen LogP contribution in [0.4, 0.5) is 0 Å². The van der Waals surface area contributed by atoms with Gasteiger partial charge in [-0.25, -0.2) is 4.98 Å². The predicted molar refractivity (Wildman–Crippen MR) is 95.5 cm³/mol. The Kier molecular flexibility index (Phi) is 4.22. The minimum atomic E-state index is -1.32. The number of fused-ring (bicyclic) bond motifs is 3. The van der Waals surface area contributed by atoms with Gasteiger partial charge in [0.15, 0.2) is 5.58 Å². The van der Waals surface area contributed by atoms with Crippen LogP contribution in [0.2, 0.25) is 0 Å². The molecule has 0 spiro atoms. The van der Waals surface area contributed by atoms with E-state index in [4.69, 9.17) is 18.6 Å². The molecule has 2 bridgehead atoms. The van der Waals surface area contributed by atoms with Crippen molar-refractivity contribution in [1.82, 2.24) is 4.98 Å². The highest BCUT2D eigenvalue weighted by molar-refractivity contribution is 5.98. The first-order chi connectivity index (χ1) is 12.5. The first-order valence-corrected chi connectivity index (χ1v) is 8.89. The van der Waals surface area contributed by atoms with Crippen LogP contribution in [0.25, 0.3) is 16.7 Å². The lowest BCUT2D eigenvalue weighted by atomic mass is 9.65. The molecule has 0 N–H and O–H groups in total. The Morgan fingerprint density at radius 3 is 2.77 bits per heavy atom. The summed E-state index contributed by atoms with van der Waals surface area (Å²) in [7, 11) is 3.01. The summed E-state index contributed by atoms with van der Waals surface area (Å²) in [6.07, 6.45) is 2.37. The van der Waals surface area contributed by atoms with Gasteiger partial charge in [0.25, 0.3) is 0 Å². The van der Waals surface area contributed by atoms with Crippen LogP contribution in [0.5, 0.6) is 0 Å². The second-order valence-electron chi connectivity index (χ2n) is 6.86. The Bertz CT molecular complexity index is 879. The van der Waals surface area contributed by atoms with Gasteiger partial charge in [0, 0.05) is 26.4 Å². The molecule has 1 aromatic carbocycles. The molecule has 1 aromatic heterocycles. The molecule has 1 saturated carbocycles. The smallest absolute Gasteiger partial charge is 0.236 e. The Hall–Kier alpha value is -2.02. The van der Waals surface area contributed by atoms with E-state index in [1.165, 1.54) is 14.2 Å². The summed E-state index contributed by atoms with van der Waals surface area (Å²) in [4.78, 5) is 17.7. The fourth-order valence-electron chi connectivity index (χ4n) is 4.27. The number of aryl methyl sites for hydroxylation is 1. The number of methoxy groups -OCH3 is 2. The number of rotatable bonds is 5. The molecule has 0 aliphatic heterocycles. The van der Waals surface area contributed by atoms with Crippen molar-refractivity contribution in [3.8, 4) is 0 Å². The van der Waals surface area contributed by atoms with E-state index in [9.17, 15) is 4.79 Å². The lowest BCUT2D eigenvalue weighted by Crippen LogP contribution is -2.62. The summed E-state index contributed by atoms with van der Waals surface area (Å²) in [6.45, 7) is 4.50. The quantitative estimate of drug-likeness (QED) is 0.766. The lowest BCUT2D eigenvalue weighted by molar-refractivity contribution is -0.243. The number of ether oxygens (including phenoxy) is 3. The molecule has 2 aromatic rings. The summed E-state index contributed by atoms with van der Waals surface area (Å²) >= 11 is 0. The fourth-order valence-corrected chi connectivity index (χ4v) is 4.27. The van der Waals surface area contributed by atoms with Crippen molar-refractivity contribution in [3.05, 3.63) is 35.7 Å². The van der Waals surface area contributed by atoms with Gasteiger partial charge in [0.05, 0.1) is 17.9 Å². The molecule has 1 fully saturated rings. The molecule has 6 nitrogen and oxygen atoms in total. The van der Waals surface area contributed by atoms with Gasteiger partial charge in [-0.2, -0.15) is 0 Å². The van der Waals surface area contributed by atoms with Gasteiger partial charge in [-0.1, -0.05) is 12.1 Å². The van der Waals surface area contributed by atoms with Crippen LogP contribution in [0, 0.1) is 18.8 Å². The standard InChI is InChI=1S/C20H23NO5/c1-5-25-17-10-14-12(9-13(17)18(22)20(14,23-3)24-4)19-21-15-8-11(2)6-7-16(15)26-19/h6-9,13-14,17H,5,10H2,1-4H3/t13-,14-,17-/m1/s1. The minimum Gasteiger partial charge on any atom is -0.436 e. The number of ketones is 1. The summed E-state index contributed by atoms with van der Waals surface area (Å²) in [6, 6.07) is 5.89. The van der Waals surface area contributed by atoms with Gasteiger partial charge in [0.2, 0.25) is 17.5 Å². The molecule has 3 atom stereocenters. The molecule has 0 amide bonds. The molecule has 6 heteroatoms. The van der Waals surface area contributed by atoms with Crippen LogP contribution in [0.1, 0.15) is 24.8 Å². The number of carbonyl (C=O) groups excluding carboxylic acids is 1. The highest BCUT2D eigenvalue weighted by atomic mass is 16.7. The van der Waals surface area contributed by atoms with Crippen LogP contribution >= 0.6 is 0 Å². The maximum Gasteiger partial charge on any atom is 0.236 e. The number of benzene rings is 1. The van der Waals surface area contributed by atoms with E-state index in [1.54, 1.807) is 0 Å². The minimum absolute atomic E-state index is 0.104. The first-order valence-electron chi connectivity index (χ1n) is 8.89. The third-order valence-corrected chi connectivity index (χ3v) is 5.49. The number of carbonyl (C=O) groups is 1. The van der Waals surface area contributed by atoms with E-state index in [0.29, 0.717) is 18.9 Å². The third kappa shape index (κ3) is 2.36. The first kappa shape index (κ1) is 17.4. The van der Waals surface area contributed by atoms with Crippen molar-refractivity contribution in [2.45, 2.75) is 32.2 Å².